The molecule has 0 spiro atoms. The van der Waals surface area contributed by atoms with Gasteiger partial charge in [-0.2, -0.15) is 0 Å². The number of hydrogen-bond acceptors (Lipinski definition) is 29. The predicted molar refractivity (Wildman–Crippen MR) is 360 cm³/mol. The molecule has 6 amide bonds. The molecule has 6 aliphatic rings. The van der Waals surface area contributed by atoms with Crippen molar-refractivity contribution in [1.82, 2.24) is 25.8 Å². The first-order valence-electron chi connectivity index (χ1n) is 33.7. The second kappa shape index (κ2) is 34.7. The Morgan fingerprint density at radius 3 is 1.42 bits per heavy atom. The van der Waals surface area contributed by atoms with Crippen LogP contribution >= 0.6 is 0 Å². The number of amides is 6. The summed E-state index contributed by atoms with van der Waals surface area (Å²) in [4.78, 5) is 114. The van der Waals surface area contributed by atoms with Crippen molar-refractivity contribution in [3.63, 3.8) is 0 Å². The summed E-state index contributed by atoms with van der Waals surface area (Å²) >= 11 is 0. The molecule has 0 saturated carbocycles. The Kier molecular flexibility index (Phi) is 25.8. The minimum Gasteiger partial charge on any atom is -0.493 e. The Morgan fingerprint density at radius 1 is 0.557 bits per heavy atom. The first-order chi connectivity index (χ1) is 50.7. The van der Waals surface area contributed by atoms with Gasteiger partial charge in [0.25, 0.3) is 23.6 Å². The van der Waals surface area contributed by atoms with Gasteiger partial charge in [-0.1, -0.05) is 24.3 Å². The van der Waals surface area contributed by atoms with Gasteiger partial charge in [0.15, 0.2) is 47.7 Å². The van der Waals surface area contributed by atoms with Gasteiger partial charge in [0.05, 0.1) is 86.4 Å². The van der Waals surface area contributed by atoms with Crippen molar-refractivity contribution in [1.29, 1.82) is 0 Å². The van der Waals surface area contributed by atoms with Crippen molar-refractivity contribution < 1.29 is 146 Å². The quantitative estimate of drug-likeness (QED) is 0.0233. The minimum absolute atomic E-state index is 0.00191. The highest BCUT2D eigenvalue weighted by atomic mass is 16.7. The first-order valence-corrected chi connectivity index (χ1v) is 33.7. The van der Waals surface area contributed by atoms with Crippen LogP contribution < -0.4 is 54.2 Å². The second-order valence-electron chi connectivity index (χ2n) is 25.5. The lowest BCUT2D eigenvalue weighted by atomic mass is 9.99. The molecule has 4 unspecified atom stereocenters. The van der Waals surface area contributed by atoms with E-state index < -0.39 is 147 Å². The SMILES string of the molecule is C=C1CC2C(O)N(C(=O)OCc3ccc(O[C@@H]4O[C@H](C(=O)O)[C@@H](O)[C@H](O)[C@H]4O)c(C(=O)NCCOC)c3)c3cc(OCCC(CCOc4cc5c(cc4OC)C(=O)N4CCC[C@H]4C(O)N5C(=O)OCc4ccc(O[C@@H]5O[C@H](C(=O)O)[C@@H](O)[C@H](O)[C@H]5O)c(C(=O)NCCOC)c4)NC)c(OC)cc3C(=O)N2C1. The van der Waals surface area contributed by atoms with Gasteiger partial charge in [0.1, 0.15) is 61.3 Å². The zero-order valence-corrected chi connectivity index (χ0v) is 58.2. The molecule has 37 heteroatoms. The third-order valence-electron chi connectivity index (χ3n) is 18.7. The number of aliphatic hydroxyl groups is 8. The number of carbonyl (C=O) groups is 8. The number of fused-ring (bicyclic) bond motifs is 4. The van der Waals surface area contributed by atoms with Crippen LogP contribution in [0.1, 0.15) is 84.7 Å². The Labute approximate surface area is 605 Å². The zero-order valence-electron chi connectivity index (χ0n) is 58.2. The van der Waals surface area contributed by atoms with Gasteiger partial charge in [-0.05, 0) is 86.7 Å². The zero-order chi connectivity index (χ0) is 76.5. The highest BCUT2D eigenvalue weighted by Crippen LogP contribution is 2.45. The van der Waals surface area contributed by atoms with Crippen molar-refractivity contribution in [2.75, 3.05) is 97.9 Å². The molecule has 6 heterocycles. The Balaban J connectivity index is 0.837. The lowest BCUT2D eigenvalue weighted by Gasteiger charge is -2.38. The average molecular weight is 1490 g/mol. The third-order valence-corrected chi connectivity index (χ3v) is 18.7. The van der Waals surface area contributed by atoms with E-state index >= 15 is 0 Å². The van der Waals surface area contributed by atoms with Crippen LogP contribution in [0.4, 0.5) is 21.0 Å². The summed E-state index contributed by atoms with van der Waals surface area (Å²) in [6.45, 7) is 3.32. The van der Waals surface area contributed by atoms with Crippen LogP contribution in [0.3, 0.4) is 0 Å². The van der Waals surface area contributed by atoms with Crippen LogP contribution in [0.15, 0.2) is 72.8 Å². The molecule has 4 aromatic rings. The number of aliphatic carboxylic acids is 2. The summed E-state index contributed by atoms with van der Waals surface area (Å²) in [7, 11) is 7.19. The van der Waals surface area contributed by atoms with Crippen molar-refractivity contribution >= 4 is 59.1 Å². The van der Waals surface area contributed by atoms with Crippen LogP contribution in [0.5, 0.6) is 34.5 Å². The number of ether oxygens (including phenoxy) is 12. The Hall–Kier alpha value is -9.74. The summed E-state index contributed by atoms with van der Waals surface area (Å²) in [6, 6.07) is 10.9. The van der Waals surface area contributed by atoms with Crippen LogP contribution in [0, 0.1) is 0 Å². The summed E-state index contributed by atoms with van der Waals surface area (Å²) in [5.74, 6) is -6.26. The van der Waals surface area contributed by atoms with Crippen molar-refractivity contribution in [3.05, 3.63) is 106 Å². The van der Waals surface area contributed by atoms with E-state index in [0.29, 0.717) is 18.4 Å². The number of carboxylic acid groups (broad SMARTS) is 2. The van der Waals surface area contributed by atoms with Crippen LogP contribution in [0.25, 0.3) is 0 Å². The highest BCUT2D eigenvalue weighted by molar-refractivity contribution is 6.07. The predicted octanol–water partition coefficient (Wildman–Crippen LogP) is -0.850. The molecule has 0 aliphatic carbocycles. The van der Waals surface area contributed by atoms with Gasteiger partial charge >= 0.3 is 24.1 Å². The summed E-state index contributed by atoms with van der Waals surface area (Å²) < 4.78 is 67.9. The normalized spacial score (nSPS) is 25.7. The summed E-state index contributed by atoms with van der Waals surface area (Å²) in [5.41, 5.74) is 0.130. The molecule has 4 aromatic carbocycles. The number of methoxy groups -OCH3 is 4. The monoisotopic (exact) mass is 1490 g/mol. The standard InChI is InChI=1S/C69H85N7O30/c1-32-22-43-63(88)76(69(94)102-31-34-10-12-45(39(24-34)59(84)72-16-21-96-4)104-67-55(82)51(78)53(80)57(106-67)65(91)92)42-28-49(47(98-6)26-37(42)61(86)74(43)29-32)100-19-14-35(70-2)13-18-99-48-27-41-36(25-46(48)97-5)60(85)73-17-7-8-40(73)62(87)75(41)68(93)101-30-33-9-11-44(38(23-33)58(83)71-15-20-95-3)103-66-54(81)50(77)52(79)56(105-66)64(89)90/h9-12,23-28,35,40,43,50-57,62-63,66-67,70,77-82,87-88H,1,7-8,13-22,29-31H2,2-6H3,(H,71,83)(H,72,84)(H,89,90)(H,91,92)/t35?,40-,43?,50-,51-,52-,53-,54+,55+,56-,57-,62?,63?,66+,67+/m0/s1. The lowest BCUT2D eigenvalue weighted by Crippen LogP contribution is -2.61. The number of benzene rings is 4. The number of carbonyl (C=O) groups excluding carboxylic acids is 6. The third kappa shape index (κ3) is 16.9. The molecule has 13 N–H and O–H groups in total. The van der Waals surface area contributed by atoms with E-state index in [2.05, 4.69) is 22.5 Å². The van der Waals surface area contributed by atoms with Gasteiger partial charge < -0.3 is 134 Å². The molecule has 0 aromatic heterocycles. The van der Waals surface area contributed by atoms with Crippen molar-refractivity contribution in [3.8, 4) is 34.5 Å². The number of rotatable bonds is 29. The van der Waals surface area contributed by atoms with E-state index in [1.54, 1.807) is 7.05 Å². The van der Waals surface area contributed by atoms with E-state index in [1.165, 1.54) is 98.9 Å². The van der Waals surface area contributed by atoms with Crippen LogP contribution in [0.2, 0.25) is 0 Å². The van der Waals surface area contributed by atoms with Crippen molar-refractivity contribution in [2.45, 2.75) is 137 Å². The van der Waals surface area contributed by atoms with Gasteiger partial charge in [-0.15, -0.1) is 0 Å². The fraction of sp³-hybridized carbons (Fsp3) is 0.507. The van der Waals surface area contributed by atoms with Gasteiger partial charge in [0.2, 0.25) is 12.6 Å². The molecule has 106 heavy (non-hydrogen) atoms. The van der Waals surface area contributed by atoms with Gasteiger partial charge in [-0.25, -0.2) is 29.0 Å². The second-order valence-corrected chi connectivity index (χ2v) is 25.5. The molecule has 0 bridgehead atoms. The number of anilines is 2. The molecular weight excluding hydrogens is 1410 g/mol. The van der Waals surface area contributed by atoms with E-state index in [4.69, 9.17) is 56.8 Å². The molecule has 4 saturated heterocycles. The molecule has 37 nitrogen and oxygen atoms in total. The molecule has 15 atom stereocenters. The Morgan fingerprint density at radius 2 is 1.00 bits per heavy atom. The number of aliphatic hydroxyl groups excluding tert-OH is 8. The van der Waals surface area contributed by atoms with E-state index in [0.717, 1.165) is 9.80 Å². The topological polar surface area (TPSA) is 499 Å². The average Bonchev–Trinajstić information content (AvgIpc) is 1.59. The maximum absolute atomic E-state index is 14.6. The lowest BCUT2D eigenvalue weighted by molar-refractivity contribution is -0.271. The van der Waals surface area contributed by atoms with Gasteiger partial charge in [0, 0.05) is 58.6 Å². The molecule has 576 valence electrons. The van der Waals surface area contributed by atoms with Crippen LogP contribution in [-0.2, 0) is 51.2 Å². The minimum atomic E-state index is -2.03. The van der Waals surface area contributed by atoms with Crippen LogP contribution in [-0.4, -0.2) is 289 Å². The number of hydrogen-bond donors (Lipinski definition) is 13. The first kappa shape index (κ1) is 78.8. The molecule has 10 rings (SSSR count). The largest absolute Gasteiger partial charge is 0.493 e. The summed E-state index contributed by atoms with van der Waals surface area (Å²) in [5, 5.41) is 115. The number of nitrogens with zero attached hydrogens (tertiary/aromatic N) is 4. The maximum atomic E-state index is 14.6. The summed E-state index contributed by atoms with van der Waals surface area (Å²) in [6.07, 6.45) is -24.1. The molecule has 0 radical (unpaired) electrons. The molecule has 4 fully saturated rings. The molecular formula is C69H85N7O30. The molecule has 6 aliphatic heterocycles. The Bertz CT molecular complexity index is 3920. The fourth-order valence-electron chi connectivity index (χ4n) is 13.1. The van der Waals surface area contributed by atoms with E-state index in [-0.39, 0.29) is 157 Å². The highest BCUT2D eigenvalue weighted by Gasteiger charge is 2.52. The smallest absolute Gasteiger partial charge is 0.416 e. The van der Waals surface area contributed by atoms with Gasteiger partial charge in [-0.3, -0.25) is 19.2 Å². The maximum Gasteiger partial charge on any atom is 0.416 e. The van der Waals surface area contributed by atoms with E-state index in [9.17, 15) is 89.4 Å². The van der Waals surface area contributed by atoms with Crippen molar-refractivity contribution in [2.24, 2.45) is 0 Å². The van der Waals surface area contributed by atoms with E-state index in [1.807, 2.05) is 0 Å². The number of nitrogens with one attached hydrogen (secondary N) is 3. The number of carboxylic acids is 2. The fourth-order valence-corrected chi connectivity index (χ4v) is 13.1.